The Morgan fingerprint density at radius 2 is 2.00 bits per heavy atom. The van der Waals surface area contributed by atoms with Crippen molar-refractivity contribution in [3.8, 4) is 0 Å². The van der Waals surface area contributed by atoms with Gasteiger partial charge in [0.2, 0.25) is 0 Å². The highest BCUT2D eigenvalue weighted by molar-refractivity contribution is 8.03. The largest absolute Gasteiger partial charge is 0.378 e. The molecule has 0 N–H and O–H groups in total. The first-order chi connectivity index (χ1) is 11.4. The van der Waals surface area contributed by atoms with Crippen LogP contribution < -0.4 is 9.80 Å². The van der Waals surface area contributed by atoms with Crippen LogP contribution in [0, 0.1) is 6.92 Å². The third kappa shape index (κ3) is 3.49. The van der Waals surface area contributed by atoms with Crippen LogP contribution in [0.25, 0.3) is 0 Å². The van der Waals surface area contributed by atoms with E-state index in [1.165, 1.54) is 21.7 Å². The van der Waals surface area contributed by atoms with Gasteiger partial charge in [-0.2, -0.15) is 0 Å². The molecule has 0 aliphatic carbocycles. The zero-order valence-corrected chi connectivity index (χ0v) is 15.4. The summed E-state index contributed by atoms with van der Waals surface area (Å²) in [7, 11) is 4.09. The van der Waals surface area contributed by atoms with Crippen LogP contribution in [0.1, 0.15) is 18.1 Å². The Balaban J connectivity index is 2.02. The molecule has 2 aromatic rings. The number of aryl methyl sites for hydroxylation is 1. The first-order valence-electron chi connectivity index (χ1n) is 7.98. The third-order valence-corrected chi connectivity index (χ3v) is 5.09. The van der Waals surface area contributed by atoms with E-state index < -0.39 is 0 Å². The van der Waals surface area contributed by atoms with Crippen molar-refractivity contribution in [1.82, 2.24) is 0 Å². The Morgan fingerprint density at radius 1 is 1.21 bits per heavy atom. The van der Waals surface area contributed by atoms with Gasteiger partial charge in [-0.3, -0.25) is 4.79 Å². The standard InChI is InChI=1S/C20H22N2OS/c1-14-6-5-7-16(10-14)13-22-18-12-17(21(3)4)8-9-19(18)24-20(22)11-15(2)23/h5-12H,13H2,1-4H3/b20-11-. The van der Waals surface area contributed by atoms with Gasteiger partial charge in [0.15, 0.2) is 5.78 Å². The topological polar surface area (TPSA) is 23.6 Å². The van der Waals surface area contributed by atoms with Crippen molar-refractivity contribution in [2.75, 3.05) is 23.9 Å². The van der Waals surface area contributed by atoms with Gasteiger partial charge in [-0.15, -0.1) is 0 Å². The first-order valence-corrected chi connectivity index (χ1v) is 8.80. The number of carbonyl (C=O) groups is 1. The average molecular weight is 338 g/mol. The maximum Gasteiger partial charge on any atom is 0.155 e. The molecule has 0 amide bonds. The molecule has 0 saturated heterocycles. The predicted molar refractivity (Wildman–Crippen MR) is 103 cm³/mol. The van der Waals surface area contributed by atoms with Crippen molar-refractivity contribution in [3.05, 3.63) is 64.7 Å². The molecule has 1 aliphatic heterocycles. The zero-order valence-electron chi connectivity index (χ0n) is 14.5. The van der Waals surface area contributed by atoms with Gasteiger partial charge in [0, 0.05) is 37.3 Å². The van der Waals surface area contributed by atoms with Gasteiger partial charge in [0.1, 0.15) is 0 Å². The molecule has 0 spiro atoms. The van der Waals surface area contributed by atoms with Crippen LogP contribution in [0.2, 0.25) is 0 Å². The number of ketones is 1. The summed E-state index contributed by atoms with van der Waals surface area (Å²) in [4.78, 5) is 17.2. The van der Waals surface area contributed by atoms with Gasteiger partial charge >= 0.3 is 0 Å². The summed E-state index contributed by atoms with van der Waals surface area (Å²) in [5, 5.41) is 0.995. The van der Waals surface area contributed by atoms with Crippen LogP contribution in [0.4, 0.5) is 11.4 Å². The summed E-state index contributed by atoms with van der Waals surface area (Å²) in [6, 6.07) is 15.0. The molecule has 0 aromatic heterocycles. The summed E-state index contributed by atoms with van der Waals surface area (Å²) in [5.74, 6) is 0.0763. The first kappa shape index (κ1) is 16.7. The second kappa shape index (κ2) is 6.73. The molecule has 1 heterocycles. The summed E-state index contributed by atoms with van der Waals surface area (Å²) in [6.07, 6.45) is 1.73. The summed E-state index contributed by atoms with van der Waals surface area (Å²) < 4.78 is 0. The summed E-state index contributed by atoms with van der Waals surface area (Å²) >= 11 is 1.66. The van der Waals surface area contributed by atoms with E-state index >= 15 is 0 Å². The van der Waals surface area contributed by atoms with Crippen LogP contribution in [0.5, 0.6) is 0 Å². The number of allylic oxidation sites excluding steroid dienone is 1. The fourth-order valence-corrected chi connectivity index (χ4v) is 3.94. The van der Waals surface area contributed by atoms with E-state index in [1.54, 1.807) is 24.8 Å². The van der Waals surface area contributed by atoms with Gasteiger partial charge in [0.25, 0.3) is 0 Å². The molecule has 3 rings (SSSR count). The lowest BCUT2D eigenvalue weighted by Gasteiger charge is -2.22. The van der Waals surface area contributed by atoms with Gasteiger partial charge in [0.05, 0.1) is 10.7 Å². The summed E-state index contributed by atoms with van der Waals surface area (Å²) in [6.45, 7) is 4.47. The minimum Gasteiger partial charge on any atom is -0.378 e. The molecule has 0 radical (unpaired) electrons. The molecule has 0 fully saturated rings. The molecular formula is C20H22N2OS. The predicted octanol–water partition coefficient (Wildman–Crippen LogP) is 4.60. The van der Waals surface area contributed by atoms with Crippen LogP contribution >= 0.6 is 11.8 Å². The monoisotopic (exact) mass is 338 g/mol. The van der Waals surface area contributed by atoms with E-state index in [0.29, 0.717) is 0 Å². The van der Waals surface area contributed by atoms with Gasteiger partial charge in [-0.05, 0) is 37.6 Å². The minimum absolute atomic E-state index is 0.0763. The molecule has 0 bridgehead atoms. The highest BCUT2D eigenvalue weighted by Gasteiger charge is 2.26. The maximum absolute atomic E-state index is 11.7. The second-order valence-corrected chi connectivity index (χ2v) is 7.38. The minimum atomic E-state index is 0.0763. The highest BCUT2D eigenvalue weighted by Crippen LogP contribution is 2.48. The second-order valence-electron chi connectivity index (χ2n) is 6.32. The van der Waals surface area contributed by atoms with Crippen LogP contribution in [-0.4, -0.2) is 19.9 Å². The Labute approximate surface area is 148 Å². The molecule has 24 heavy (non-hydrogen) atoms. The smallest absolute Gasteiger partial charge is 0.155 e. The normalized spacial score (nSPS) is 14.8. The number of thioether (sulfide) groups is 1. The molecule has 1 aliphatic rings. The van der Waals surface area contributed by atoms with E-state index in [1.807, 2.05) is 14.1 Å². The van der Waals surface area contributed by atoms with Gasteiger partial charge in [-0.25, -0.2) is 0 Å². The number of hydrogen-bond donors (Lipinski definition) is 0. The average Bonchev–Trinajstić information content (AvgIpc) is 2.83. The van der Waals surface area contributed by atoms with Gasteiger partial charge < -0.3 is 9.80 Å². The van der Waals surface area contributed by atoms with E-state index in [4.69, 9.17) is 0 Å². The number of nitrogens with zero attached hydrogens (tertiary/aromatic N) is 2. The molecule has 124 valence electrons. The number of fused-ring (bicyclic) bond motifs is 1. The van der Waals surface area contributed by atoms with Crippen molar-refractivity contribution < 1.29 is 4.79 Å². The zero-order chi connectivity index (χ0) is 17.3. The van der Waals surface area contributed by atoms with Crippen molar-refractivity contribution >= 4 is 28.9 Å². The number of carbonyl (C=O) groups excluding carboxylic acids is 1. The van der Waals surface area contributed by atoms with Crippen molar-refractivity contribution in [3.63, 3.8) is 0 Å². The Kier molecular flexibility index (Phi) is 4.67. The Morgan fingerprint density at radius 3 is 2.67 bits per heavy atom. The fourth-order valence-electron chi connectivity index (χ4n) is 2.81. The molecular weight excluding hydrogens is 316 g/mol. The number of benzene rings is 2. The lowest BCUT2D eigenvalue weighted by molar-refractivity contribution is -0.112. The van der Waals surface area contributed by atoms with E-state index in [-0.39, 0.29) is 5.78 Å². The lowest BCUT2D eigenvalue weighted by atomic mass is 10.1. The van der Waals surface area contributed by atoms with Crippen LogP contribution in [-0.2, 0) is 11.3 Å². The van der Waals surface area contributed by atoms with Crippen LogP contribution in [0.3, 0.4) is 0 Å². The van der Waals surface area contributed by atoms with E-state index in [0.717, 1.165) is 17.3 Å². The molecule has 0 atom stereocenters. The number of anilines is 2. The van der Waals surface area contributed by atoms with Crippen LogP contribution in [0.15, 0.2) is 58.5 Å². The van der Waals surface area contributed by atoms with Gasteiger partial charge in [-0.1, -0.05) is 41.6 Å². The molecule has 4 heteroatoms. The van der Waals surface area contributed by atoms with Crippen molar-refractivity contribution in [2.45, 2.75) is 25.3 Å². The molecule has 2 aromatic carbocycles. The van der Waals surface area contributed by atoms with E-state index in [9.17, 15) is 4.79 Å². The third-order valence-electron chi connectivity index (χ3n) is 3.98. The SMILES string of the molecule is CC(=O)/C=C1\Sc2ccc(N(C)C)cc2N1Cc1cccc(C)c1. The molecule has 0 unspecified atom stereocenters. The summed E-state index contributed by atoms with van der Waals surface area (Å²) in [5.41, 5.74) is 4.82. The number of rotatable bonds is 4. The number of hydrogen-bond acceptors (Lipinski definition) is 4. The maximum atomic E-state index is 11.7. The Hall–Kier alpha value is -2.20. The highest BCUT2D eigenvalue weighted by atomic mass is 32.2. The quantitative estimate of drug-likeness (QED) is 0.760. The Bertz CT molecular complexity index is 811. The van der Waals surface area contributed by atoms with E-state index in [2.05, 4.69) is 59.2 Å². The molecule has 0 saturated carbocycles. The van der Waals surface area contributed by atoms with Crippen molar-refractivity contribution in [1.29, 1.82) is 0 Å². The molecule has 3 nitrogen and oxygen atoms in total. The fraction of sp³-hybridized carbons (Fsp3) is 0.250. The lowest BCUT2D eigenvalue weighted by Crippen LogP contribution is -2.18. The van der Waals surface area contributed by atoms with Crippen molar-refractivity contribution in [2.24, 2.45) is 0 Å².